The lowest BCUT2D eigenvalue weighted by molar-refractivity contribution is -0.142. The Balaban J connectivity index is 3.08. The molecule has 0 atom stereocenters. The summed E-state index contributed by atoms with van der Waals surface area (Å²) in [5, 5.41) is 0. The first-order valence-electron chi connectivity index (χ1n) is 8.68. The van der Waals surface area contributed by atoms with Crippen LogP contribution in [0.4, 0.5) is 17.8 Å². The second kappa shape index (κ2) is 12.3. The first kappa shape index (κ1) is 24.7. The Kier molecular flexibility index (Phi) is 10.1. The molecule has 0 amide bonds. The van der Waals surface area contributed by atoms with Gasteiger partial charge in [0, 0.05) is 21.1 Å². The van der Waals surface area contributed by atoms with E-state index in [0.29, 0.717) is 0 Å². The van der Waals surface area contributed by atoms with E-state index in [2.05, 4.69) is 15.0 Å². The number of esters is 3. The number of hydrogen-bond acceptors (Lipinski definition) is 15. The van der Waals surface area contributed by atoms with Gasteiger partial charge in [0.15, 0.2) is 20.2 Å². The van der Waals surface area contributed by atoms with Gasteiger partial charge in [0.1, 0.15) is 0 Å². The zero-order valence-electron chi connectivity index (χ0n) is 17.1. The molecule has 0 aliphatic carbocycles. The van der Waals surface area contributed by atoms with Crippen molar-refractivity contribution in [2.45, 2.75) is 0 Å². The highest BCUT2D eigenvalue weighted by molar-refractivity contribution is 5.72. The molecule has 0 fully saturated rings. The molecular formula is C15H27N9O6. The van der Waals surface area contributed by atoms with E-state index in [1.165, 1.54) is 14.7 Å². The van der Waals surface area contributed by atoms with Crippen molar-refractivity contribution in [2.24, 2.45) is 17.2 Å². The summed E-state index contributed by atoms with van der Waals surface area (Å²) >= 11 is 0. The predicted molar refractivity (Wildman–Crippen MR) is 105 cm³/mol. The number of hydrogen-bond donors (Lipinski definition) is 3. The number of ether oxygens (including phenoxy) is 3. The summed E-state index contributed by atoms with van der Waals surface area (Å²) in [4.78, 5) is 51.0. The van der Waals surface area contributed by atoms with Gasteiger partial charge in [-0.3, -0.25) is 14.4 Å². The van der Waals surface area contributed by atoms with E-state index in [9.17, 15) is 14.4 Å². The number of rotatable bonds is 12. The third-order valence-corrected chi connectivity index (χ3v) is 3.38. The molecule has 1 heterocycles. The van der Waals surface area contributed by atoms with Crippen molar-refractivity contribution in [2.75, 3.05) is 75.7 Å². The van der Waals surface area contributed by atoms with Gasteiger partial charge in [-0.1, -0.05) is 0 Å². The fraction of sp³-hybridized carbons (Fsp3) is 0.600. The van der Waals surface area contributed by atoms with Crippen LogP contribution in [-0.2, 0) is 28.6 Å². The van der Waals surface area contributed by atoms with Crippen LogP contribution in [0.1, 0.15) is 0 Å². The van der Waals surface area contributed by atoms with Crippen molar-refractivity contribution in [3.8, 4) is 0 Å². The summed E-state index contributed by atoms with van der Waals surface area (Å²) < 4.78 is 14.9. The van der Waals surface area contributed by atoms with Crippen LogP contribution >= 0.6 is 0 Å². The van der Waals surface area contributed by atoms with Gasteiger partial charge in [0.2, 0.25) is 17.8 Å². The Morgan fingerprint density at radius 1 is 0.633 bits per heavy atom. The minimum Gasteiger partial charge on any atom is -0.443 e. The SMILES string of the molecule is CN(COC(=O)CN)c1nc(N(C)COC(=O)CN)nc(N(C)COC(=O)CN)n1. The van der Waals surface area contributed by atoms with Crippen LogP contribution in [0, 0.1) is 0 Å². The molecule has 15 heteroatoms. The maximum atomic E-state index is 11.3. The van der Waals surface area contributed by atoms with E-state index in [4.69, 9.17) is 31.4 Å². The summed E-state index contributed by atoms with van der Waals surface area (Å²) in [5.41, 5.74) is 15.6. The minimum absolute atomic E-state index is 0.133. The van der Waals surface area contributed by atoms with Gasteiger partial charge in [-0.2, -0.15) is 15.0 Å². The lowest BCUT2D eigenvalue weighted by Crippen LogP contribution is -2.33. The van der Waals surface area contributed by atoms with Gasteiger partial charge in [0.25, 0.3) is 0 Å². The van der Waals surface area contributed by atoms with Crippen molar-refractivity contribution in [1.82, 2.24) is 15.0 Å². The van der Waals surface area contributed by atoms with Gasteiger partial charge in [0.05, 0.1) is 19.6 Å². The van der Waals surface area contributed by atoms with Gasteiger partial charge in [-0.15, -0.1) is 0 Å². The van der Waals surface area contributed by atoms with E-state index in [1.54, 1.807) is 21.1 Å². The second-order valence-corrected chi connectivity index (χ2v) is 5.88. The molecule has 0 spiro atoms. The highest BCUT2D eigenvalue weighted by Crippen LogP contribution is 2.17. The van der Waals surface area contributed by atoms with Crippen molar-refractivity contribution in [3.63, 3.8) is 0 Å². The van der Waals surface area contributed by atoms with Crippen LogP contribution in [-0.4, -0.2) is 93.8 Å². The van der Waals surface area contributed by atoms with Gasteiger partial charge >= 0.3 is 17.9 Å². The zero-order valence-corrected chi connectivity index (χ0v) is 17.1. The molecule has 1 aromatic rings. The molecule has 0 saturated heterocycles. The molecule has 168 valence electrons. The number of carbonyl (C=O) groups is 3. The third-order valence-electron chi connectivity index (χ3n) is 3.38. The Labute approximate surface area is 173 Å². The molecule has 0 bridgehead atoms. The van der Waals surface area contributed by atoms with E-state index in [0.717, 1.165) is 0 Å². The number of aromatic nitrogens is 3. The quantitative estimate of drug-likeness (QED) is 0.168. The Hall–Kier alpha value is -3.30. The number of nitrogens with zero attached hydrogens (tertiary/aromatic N) is 6. The molecule has 15 nitrogen and oxygen atoms in total. The predicted octanol–water partition coefficient (Wildman–Crippen LogP) is -3.44. The molecule has 0 radical (unpaired) electrons. The number of carbonyl (C=O) groups excluding carboxylic acids is 3. The maximum Gasteiger partial charge on any atom is 0.321 e. The van der Waals surface area contributed by atoms with Gasteiger partial charge in [-0.05, 0) is 0 Å². The molecule has 0 aromatic carbocycles. The Morgan fingerprint density at radius 3 is 1.07 bits per heavy atom. The molecular weight excluding hydrogens is 402 g/mol. The summed E-state index contributed by atoms with van der Waals surface area (Å²) in [5.74, 6) is -1.41. The van der Waals surface area contributed by atoms with E-state index in [1.807, 2.05) is 0 Å². The summed E-state index contributed by atoms with van der Waals surface area (Å²) in [6.45, 7) is -1.33. The molecule has 6 N–H and O–H groups in total. The standard InChI is InChI=1S/C15H27N9O6/c1-22(7-28-10(25)4-16)13-19-14(23(2)8-29-11(26)5-17)21-15(20-13)24(3)9-30-12(27)6-18/h4-9,16-18H2,1-3H3. The Morgan fingerprint density at radius 2 is 0.867 bits per heavy atom. The topological polar surface area (TPSA) is 205 Å². The van der Waals surface area contributed by atoms with Crippen LogP contribution in [0.5, 0.6) is 0 Å². The number of nitrogens with two attached hydrogens (primary N) is 3. The third kappa shape index (κ3) is 7.98. The summed E-state index contributed by atoms with van der Waals surface area (Å²) in [6, 6.07) is 0. The van der Waals surface area contributed by atoms with Crippen LogP contribution in [0.2, 0.25) is 0 Å². The highest BCUT2D eigenvalue weighted by Gasteiger charge is 2.18. The fourth-order valence-electron chi connectivity index (χ4n) is 1.71. The largest absolute Gasteiger partial charge is 0.443 e. The lowest BCUT2D eigenvalue weighted by Gasteiger charge is -2.24. The summed E-state index contributed by atoms with van der Waals surface area (Å²) in [6.07, 6.45) is 0. The minimum atomic E-state index is -0.604. The zero-order chi connectivity index (χ0) is 22.7. The van der Waals surface area contributed by atoms with Crippen LogP contribution in [0.25, 0.3) is 0 Å². The van der Waals surface area contributed by atoms with Crippen molar-refractivity contribution in [1.29, 1.82) is 0 Å². The van der Waals surface area contributed by atoms with Crippen LogP contribution < -0.4 is 31.9 Å². The van der Waals surface area contributed by atoms with Crippen molar-refractivity contribution in [3.05, 3.63) is 0 Å². The second-order valence-electron chi connectivity index (χ2n) is 5.88. The fourth-order valence-corrected chi connectivity index (χ4v) is 1.71. The molecule has 0 saturated carbocycles. The lowest BCUT2D eigenvalue weighted by atomic mass is 10.6. The normalized spacial score (nSPS) is 10.2. The van der Waals surface area contributed by atoms with Crippen LogP contribution in [0.3, 0.4) is 0 Å². The molecule has 30 heavy (non-hydrogen) atoms. The first-order valence-corrected chi connectivity index (χ1v) is 8.68. The first-order chi connectivity index (χ1) is 14.2. The van der Waals surface area contributed by atoms with E-state index >= 15 is 0 Å². The molecule has 1 rings (SSSR count). The van der Waals surface area contributed by atoms with Crippen molar-refractivity contribution < 1.29 is 28.6 Å². The Bertz CT molecular complexity index is 627. The average Bonchev–Trinajstić information content (AvgIpc) is 2.77. The number of anilines is 3. The van der Waals surface area contributed by atoms with Crippen LogP contribution in [0.15, 0.2) is 0 Å². The van der Waals surface area contributed by atoms with E-state index in [-0.39, 0.29) is 57.7 Å². The van der Waals surface area contributed by atoms with Gasteiger partial charge < -0.3 is 46.1 Å². The average molecular weight is 429 g/mol. The molecule has 0 unspecified atom stereocenters. The molecule has 1 aromatic heterocycles. The molecule has 0 aliphatic heterocycles. The highest BCUT2D eigenvalue weighted by atomic mass is 16.6. The maximum absolute atomic E-state index is 11.3. The monoisotopic (exact) mass is 429 g/mol. The van der Waals surface area contributed by atoms with Gasteiger partial charge in [-0.25, -0.2) is 0 Å². The molecule has 0 aliphatic rings. The summed E-state index contributed by atoms with van der Waals surface area (Å²) in [7, 11) is 4.74. The van der Waals surface area contributed by atoms with Crippen molar-refractivity contribution >= 4 is 35.8 Å². The van der Waals surface area contributed by atoms with E-state index < -0.39 is 17.9 Å². The smallest absolute Gasteiger partial charge is 0.321 e.